The molecule has 2 aromatic carbocycles. The lowest BCUT2D eigenvalue weighted by atomic mass is 10.1. The molecule has 2 aromatic rings. The molecule has 138 valence electrons. The zero-order valence-corrected chi connectivity index (χ0v) is 15.5. The molecule has 1 fully saturated rings. The van der Waals surface area contributed by atoms with Crippen molar-refractivity contribution in [2.45, 2.75) is 38.4 Å². The van der Waals surface area contributed by atoms with E-state index in [-0.39, 0.29) is 5.91 Å². The molecule has 0 radical (unpaired) electrons. The number of likely N-dealkylation sites (tertiary alicyclic amines) is 1. The summed E-state index contributed by atoms with van der Waals surface area (Å²) in [5.74, 6) is 0.105. The summed E-state index contributed by atoms with van der Waals surface area (Å²) >= 11 is 0. The number of hydrogen-bond acceptors (Lipinski definition) is 3. The fraction of sp³-hybridized carbons (Fsp3) is 0.409. The van der Waals surface area contributed by atoms with Gasteiger partial charge in [-0.05, 0) is 24.5 Å². The zero-order valence-electron chi connectivity index (χ0n) is 15.5. The molecule has 3 rings (SSSR count). The van der Waals surface area contributed by atoms with Crippen LogP contribution in [0.3, 0.4) is 0 Å². The number of benzene rings is 2. The maximum Gasteiger partial charge on any atom is 0.221 e. The number of carbonyl (C=O) groups excluding carboxylic acids is 1. The summed E-state index contributed by atoms with van der Waals surface area (Å²) in [6, 6.07) is 21.6. The molecule has 0 aromatic heterocycles. The molecule has 0 spiro atoms. The van der Waals surface area contributed by atoms with Crippen LogP contribution in [-0.2, 0) is 11.3 Å². The fourth-order valence-corrected chi connectivity index (χ4v) is 3.52. The monoisotopic (exact) mass is 351 g/mol. The minimum absolute atomic E-state index is 0.105. The maximum absolute atomic E-state index is 12.0. The van der Waals surface area contributed by atoms with E-state index >= 15 is 0 Å². The Kier molecular flexibility index (Phi) is 6.81. The van der Waals surface area contributed by atoms with Crippen molar-refractivity contribution in [2.24, 2.45) is 0 Å². The first-order chi connectivity index (χ1) is 12.7. The highest BCUT2D eigenvalue weighted by atomic mass is 16.1. The van der Waals surface area contributed by atoms with Gasteiger partial charge in [0.1, 0.15) is 0 Å². The predicted octanol–water partition coefficient (Wildman–Crippen LogP) is 3.12. The van der Waals surface area contributed by atoms with Crippen LogP contribution in [0.5, 0.6) is 0 Å². The Bertz CT molecular complexity index is 674. The van der Waals surface area contributed by atoms with E-state index in [0.29, 0.717) is 25.0 Å². The van der Waals surface area contributed by atoms with Gasteiger partial charge in [0.15, 0.2) is 0 Å². The van der Waals surface area contributed by atoms with Crippen LogP contribution in [0, 0.1) is 0 Å². The number of hydrogen-bond donors (Lipinski definition) is 2. The van der Waals surface area contributed by atoms with Gasteiger partial charge >= 0.3 is 0 Å². The van der Waals surface area contributed by atoms with Gasteiger partial charge in [0.2, 0.25) is 5.91 Å². The first kappa shape index (κ1) is 18.6. The number of carbonyl (C=O) groups is 1. The van der Waals surface area contributed by atoms with Crippen molar-refractivity contribution in [2.75, 3.05) is 19.6 Å². The van der Waals surface area contributed by atoms with E-state index in [0.717, 1.165) is 31.6 Å². The predicted molar refractivity (Wildman–Crippen MR) is 106 cm³/mol. The highest BCUT2D eigenvalue weighted by Crippen LogP contribution is 2.24. The lowest BCUT2D eigenvalue weighted by molar-refractivity contribution is -0.121. The molecule has 26 heavy (non-hydrogen) atoms. The van der Waals surface area contributed by atoms with Gasteiger partial charge in [-0.3, -0.25) is 9.69 Å². The average molecular weight is 351 g/mol. The van der Waals surface area contributed by atoms with Crippen molar-refractivity contribution in [3.05, 3.63) is 71.8 Å². The molecular weight excluding hydrogens is 322 g/mol. The van der Waals surface area contributed by atoms with E-state index in [1.54, 1.807) is 0 Å². The number of nitrogens with one attached hydrogen (secondary N) is 2. The molecule has 2 unspecified atom stereocenters. The van der Waals surface area contributed by atoms with E-state index in [4.69, 9.17) is 0 Å². The highest BCUT2D eigenvalue weighted by Gasteiger charge is 2.26. The summed E-state index contributed by atoms with van der Waals surface area (Å²) in [6.07, 6.45) is 1.67. The van der Waals surface area contributed by atoms with Crippen LogP contribution >= 0.6 is 0 Å². The molecular formula is C22H29N3O. The number of amides is 1. The van der Waals surface area contributed by atoms with Gasteiger partial charge in [-0.25, -0.2) is 0 Å². The molecule has 2 atom stereocenters. The Morgan fingerprint density at radius 1 is 1.12 bits per heavy atom. The van der Waals surface area contributed by atoms with Gasteiger partial charge in [0, 0.05) is 44.7 Å². The third kappa shape index (κ3) is 5.41. The Labute approximate surface area is 156 Å². The molecule has 0 saturated carbocycles. The Hall–Kier alpha value is -2.17. The minimum Gasteiger partial charge on any atom is -0.352 e. The topological polar surface area (TPSA) is 44.4 Å². The Morgan fingerprint density at radius 3 is 2.54 bits per heavy atom. The highest BCUT2D eigenvalue weighted by molar-refractivity contribution is 5.76. The normalized spacial score (nSPS) is 18.6. The summed E-state index contributed by atoms with van der Waals surface area (Å²) in [5, 5.41) is 6.53. The van der Waals surface area contributed by atoms with Gasteiger partial charge in [0.05, 0.1) is 0 Å². The van der Waals surface area contributed by atoms with Crippen molar-refractivity contribution in [1.29, 1.82) is 0 Å². The second-order valence-electron chi connectivity index (χ2n) is 7.03. The third-order valence-corrected chi connectivity index (χ3v) is 5.17. The average Bonchev–Trinajstić information content (AvgIpc) is 3.16. The molecule has 4 nitrogen and oxygen atoms in total. The first-order valence-corrected chi connectivity index (χ1v) is 9.55. The van der Waals surface area contributed by atoms with Crippen molar-refractivity contribution in [3.8, 4) is 0 Å². The molecule has 4 heteroatoms. The molecule has 1 aliphatic heterocycles. The second kappa shape index (κ2) is 9.51. The Balaban J connectivity index is 1.34. The van der Waals surface area contributed by atoms with Crippen LogP contribution in [-0.4, -0.2) is 36.5 Å². The van der Waals surface area contributed by atoms with Crippen molar-refractivity contribution < 1.29 is 4.79 Å². The van der Waals surface area contributed by atoms with E-state index in [2.05, 4.69) is 52.8 Å². The summed E-state index contributed by atoms with van der Waals surface area (Å²) in [7, 11) is 0. The van der Waals surface area contributed by atoms with Crippen LogP contribution in [0.2, 0.25) is 0 Å². The standard InChI is InChI=1S/C22H29N3O/c1-18(20-10-6-3-7-11-20)25-15-13-21(17-25)23-14-12-22(26)24-16-19-8-4-2-5-9-19/h2-11,18,21,23H,12-17H2,1H3,(H,24,26). The summed E-state index contributed by atoms with van der Waals surface area (Å²) < 4.78 is 0. The van der Waals surface area contributed by atoms with Gasteiger partial charge in [-0.1, -0.05) is 60.7 Å². The quantitative estimate of drug-likeness (QED) is 0.768. The smallest absolute Gasteiger partial charge is 0.221 e. The molecule has 1 heterocycles. The van der Waals surface area contributed by atoms with E-state index < -0.39 is 0 Å². The molecule has 1 saturated heterocycles. The first-order valence-electron chi connectivity index (χ1n) is 9.55. The number of rotatable bonds is 8. The summed E-state index contributed by atoms with van der Waals surface area (Å²) in [5.41, 5.74) is 2.50. The number of nitrogens with zero attached hydrogens (tertiary/aromatic N) is 1. The van der Waals surface area contributed by atoms with Gasteiger partial charge in [-0.2, -0.15) is 0 Å². The van der Waals surface area contributed by atoms with Crippen LogP contribution in [0.25, 0.3) is 0 Å². The van der Waals surface area contributed by atoms with E-state index in [9.17, 15) is 4.79 Å². The van der Waals surface area contributed by atoms with Crippen molar-refractivity contribution in [1.82, 2.24) is 15.5 Å². The largest absolute Gasteiger partial charge is 0.352 e. The van der Waals surface area contributed by atoms with Gasteiger partial charge in [0.25, 0.3) is 0 Å². The van der Waals surface area contributed by atoms with Crippen LogP contribution in [0.15, 0.2) is 60.7 Å². The Morgan fingerprint density at radius 2 is 1.81 bits per heavy atom. The van der Waals surface area contributed by atoms with Gasteiger partial charge in [-0.15, -0.1) is 0 Å². The molecule has 1 aliphatic rings. The molecule has 0 bridgehead atoms. The second-order valence-corrected chi connectivity index (χ2v) is 7.03. The molecule has 1 amide bonds. The summed E-state index contributed by atoms with van der Waals surface area (Å²) in [6.45, 7) is 5.76. The van der Waals surface area contributed by atoms with Crippen LogP contribution < -0.4 is 10.6 Å². The SMILES string of the molecule is CC(c1ccccc1)N1CCC(NCCC(=O)NCc2ccccc2)C1. The molecule has 0 aliphatic carbocycles. The van der Waals surface area contributed by atoms with Gasteiger partial charge < -0.3 is 10.6 Å². The van der Waals surface area contributed by atoms with Crippen LogP contribution in [0.1, 0.15) is 36.9 Å². The van der Waals surface area contributed by atoms with Crippen molar-refractivity contribution in [3.63, 3.8) is 0 Å². The molecule has 2 N–H and O–H groups in total. The zero-order chi connectivity index (χ0) is 18.2. The lowest BCUT2D eigenvalue weighted by Crippen LogP contribution is -2.36. The van der Waals surface area contributed by atoms with E-state index in [1.165, 1.54) is 5.56 Å². The lowest BCUT2D eigenvalue weighted by Gasteiger charge is -2.24. The fourth-order valence-electron chi connectivity index (χ4n) is 3.52. The minimum atomic E-state index is 0.105. The summed E-state index contributed by atoms with van der Waals surface area (Å²) in [4.78, 5) is 14.5. The van der Waals surface area contributed by atoms with Crippen molar-refractivity contribution >= 4 is 5.91 Å². The van der Waals surface area contributed by atoms with Crippen LogP contribution in [0.4, 0.5) is 0 Å². The maximum atomic E-state index is 12.0. The third-order valence-electron chi connectivity index (χ3n) is 5.17. The van der Waals surface area contributed by atoms with E-state index in [1.807, 2.05) is 30.3 Å².